The molecule has 160 valence electrons. The minimum Gasteiger partial charge on any atom is -0.442 e. The molecule has 3 aromatic heterocycles. The van der Waals surface area contributed by atoms with Crippen LogP contribution in [0.15, 0.2) is 64.1 Å². The van der Waals surface area contributed by atoms with Gasteiger partial charge in [-0.1, -0.05) is 53.8 Å². The number of hydrogen-bond acceptors (Lipinski definition) is 6. The average molecular weight is 445 g/mol. The summed E-state index contributed by atoms with van der Waals surface area (Å²) in [6.07, 6.45) is 1.39. The topological polar surface area (TPSA) is 81.2 Å². The summed E-state index contributed by atoms with van der Waals surface area (Å²) < 4.78 is 8.02. The Labute approximate surface area is 187 Å². The van der Waals surface area contributed by atoms with E-state index in [9.17, 15) is 9.59 Å². The van der Waals surface area contributed by atoms with Crippen LogP contribution in [0.4, 0.5) is 5.13 Å². The first kappa shape index (κ1) is 20.1. The Morgan fingerprint density at radius 3 is 2.66 bits per heavy atom. The fraction of sp³-hybridized carbons (Fsp3) is 0.167. The summed E-state index contributed by atoms with van der Waals surface area (Å²) in [5, 5.41) is 0.755. The number of carbonyl (C=O) groups excluding carboxylic acids is 1. The van der Waals surface area contributed by atoms with E-state index in [0.717, 1.165) is 21.3 Å². The number of fused-ring (bicyclic) bond motifs is 2. The summed E-state index contributed by atoms with van der Waals surface area (Å²) in [4.78, 5) is 37.4. The highest BCUT2D eigenvalue weighted by Crippen LogP contribution is 2.33. The summed E-state index contributed by atoms with van der Waals surface area (Å²) in [6.45, 7) is 3.99. The number of aromatic nitrogens is 3. The van der Waals surface area contributed by atoms with Crippen molar-refractivity contribution in [3.8, 4) is 0 Å². The average Bonchev–Trinajstić information content (AvgIpc) is 3.37. The first-order valence-corrected chi connectivity index (χ1v) is 10.9. The Kier molecular flexibility index (Phi) is 4.86. The molecule has 2 aromatic carbocycles. The van der Waals surface area contributed by atoms with Crippen LogP contribution in [0.3, 0.4) is 0 Å². The second kappa shape index (κ2) is 7.72. The summed E-state index contributed by atoms with van der Waals surface area (Å²) in [5.41, 5.74) is 2.92. The number of hydrogen-bond donors (Lipinski definition) is 0. The van der Waals surface area contributed by atoms with Crippen LogP contribution < -0.4 is 10.5 Å². The zero-order valence-corrected chi connectivity index (χ0v) is 18.6. The third-order valence-corrected chi connectivity index (χ3v) is 6.47. The van der Waals surface area contributed by atoms with Gasteiger partial charge in [0.1, 0.15) is 17.5 Å². The minimum absolute atomic E-state index is 0.161. The summed E-state index contributed by atoms with van der Waals surface area (Å²) in [7, 11) is 1.60. The molecule has 7 nitrogen and oxygen atoms in total. The van der Waals surface area contributed by atoms with Gasteiger partial charge in [0.2, 0.25) is 5.71 Å². The van der Waals surface area contributed by atoms with Crippen LogP contribution in [0.5, 0.6) is 0 Å². The molecule has 32 heavy (non-hydrogen) atoms. The first-order valence-electron chi connectivity index (χ1n) is 10.1. The van der Waals surface area contributed by atoms with Crippen LogP contribution in [-0.4, -0.2) is 20.4 Å². The van der Waals surface area contributed by atoms with E-state index < -0.39 is 0 Å². The molecule has 0 saturated carbocycles. The smallest absolute Gasteiger partial charge is 0.265 e. The number of nitrogens with zero attached hydrogens (tertiary/aromatic N) is 4. The van der Waals surface area contributed by atoms with Gasteiger partial charge in [0, 0.05) is 7.05 Å². The van der Waals surface area contributed by atoms with Gasteiger partial charge in [-0.3, -0.25) is 14.5 Å². The van der Waals surface area contributed by atoms with Crippen molar-refractivity contribution in [3.63, 3.8) is 0 Å². The fourth-order valence-corrected chi connectivity index (χ4v) is 4.80. The predicted octanol–water partition coefficient (Wildman–Crippen LogP) is 4.60. The number of aryl methyl sites for hydroxylation is 3. The number of para-hydroxylation sites is 1. The van der Waals surface area contributed by atoms with E-state index in [1.165, 1.54) is 22.2 Å². The Morgan fingerprint density at radius 2 is 1.91 bits per heavy atom. The molecule has 0 radical (unpaired) electrons. The molecule has 0 fully saturated rings. The van der Waals surface area contributed by atoms with Crippen LogP contribution in [0, 0.1) is 13.8 Å². The third kappa shape index (κ3) is 3.29. The Morgan fingerprint density at radius 1 is 1.12 bits per heavy atom. The summed E-state index contributed by atoms with van der Waals surface area (Å²) in [6, 6.07) is 15.7. The SMILES string of the molecule is Cc1oc2ncn(C)c(=O)c2c1C(=O)N(Cc1ccccc1)c1nc2c(C)cccc2s1. The van der Waals surface area contributed by atoms with Crippen molar-refractivity contribution in [1.29, 1.82) is 0 Å². The van der Waals surface area contributed by atoms with Gasteiger partial charge in [0.05, 0.1) is 22.3 Å². The molecule has 8 heteroatoms. The highest BCUT2D eigenvalue weighted by Gasteiger charge is 2.29. The summed E-state index contributed by atoms with van der Waals surface area (Å²) in [5.74, 6) is 0.0167. The fourth-order valence-electron chi connectivity index (χ4n) is 3.76. The molecule has 0 N–H and O–H groups in total. The van der Waals surface area contributed by atoms with E-state index in [0.29, 0.717) is 17.4 Å². The van der Waals surface area contributed by atoms with Gasteiger partial charge in [-0.05, 0) is 31.0 Å². The van der Waals surface area contributed by atoms with Crippen LogP contribution in [-0.2, 0) is 13.6 Å². The highest BCUT2D eigenvalue weighted by molar-refractivity contribution is 7.22. The zero-order valence-electron chi connectivity index (χ0n) is 17.8. The van der Waals surface area contributed by atoms with Crippen LogP contribution in [0.25, 0.3) is 21.3 Å². The van der Waals surface area contributed by atoms with Crippen molar-refractivity contribution < 1.29 is 9.21 Å². The van der Waals surface area contributed by atoms with Gasteiger partial charge in [0.15, 0.2) is 5.13 Å². The van der Waals surface area contributed by atoms with E-state index in [4.69, 9.17) is 9.40 Å². The van der Waals surface area contributed by atoms with Crippen LogP contribution in [0.2, 0.25) is 0 Å². The van der Waals surface area contributed by atoms with E-state index in [-0.39, 0.29) is 28.1 Å². The predicted molar refractivity (Wildman–Crippen MR) is 125 cm³/mol. The lowest BCUT2D eigenvalue weighted by Gasteiger charge is -2.20. The van der Waals surface area contributed by atoms with Gasteiger partial charge in [0.25, 0.3) is 11.5 Å². The number of benzene rings is 2. The van der Waals surface area contributed by atoms with Gasteiger partial charge >= 0.3 is 0 Å². The van der Waals surface area contributed by atoms with Gasteiger partial charge < -0.3 is 8.98 Å². The molecule has 0 aliphatic carbocycles. The minimum atomic E-state index is -0.341. The number of amides is 1. The molecule has 0 atom stereocenters. The summed E-state index contributed by atoms with van der Waals surface area (Å²) >= 11 is 1.45. The molecule has 5 rings (SSSR count). The Hall–Kier alpha value is -3.78. The van der Waals surface area contributed by atoms with Crippen molar-refractivity contribution >= 4 is 43.7 Å². The van der Waals surface area contributed by atoms with Gasteiger partial charge in [-0.25, -0.2) is 9.97 Å². The molecule has 0 aliphatic heterocycles. The lowest BCUT2D eigenvalue weighted by molar-refractivity contribution is 0.0985. The maximum atomic E-state index is 13.9. The first-order chi connectivity index (χ1) is 15.4. The van der Waals surface area contributed by atoms with E-state index in [1.54, 1.807) is 18.9 Å². The molecule has 0 spiro atoms. The van der Waals surface area contributed by atoms with Crippen molar-refractivity contribution in [3.05, 3.63) is 87.7 Å². The van der Waals surface area contributed by atoms with E-state index in [1.807, 2.05) is 55.5 Å². The number of anilines is 1. The molecular weight excluding hydrogens is 424 g/mol. The molecule has 0 bridgehead atoms. The molecule has 0 saturated heterocycles. The third-order valence-electron chi connectivity index (χ3n) is 5.43. The van der Waals surface area contributed by atoms with E-state index >= 15 is 0 Å². The van der Waals surface area contributed by atoms with Crippen molar-refractivity contribution in [2.75, 3.05) is 4.90 Å². The molecule has 0 unspecified atom stereocenters. The molecule has 1 amide bonds. The molecular formula is C24H20N4O3S. The van der Waals surface area contributed by atoms with Crippen LogP contribution in [0.1, 0.15) is 27.2 Å². The van der Waals surface area contributed by atoms with Gasteiger partial charge in [-0.2, -0.15) is 0 Å². The van der Waals surface area contributed by atoms with Crippen molar-refractivity contribution in [1.82, 2.24) is 14.5 Å². The van der Waals surface area contributed by atoms with Gasteiger partial charge in [-0.15, -0.1) is 0 Å². The zero-order chi connectivity index (χ0) is 22.4. The maximum Gasteiger partial charge on any atom is 0.265 e. The second-order valence-electron chi connectivity index (χ2n) is 7.67. The molecule has 0 aliphatic rings. The molecule has 5 aromatic rings. The normalized spacial score (nSPS) is 11.3. The maximum absolute atomic E-state index is 13.9. The van der Waals surface area contributed by atoms with E-state index in [2.05, 4.69) is 4.98 Å². The lowest BCUT2D eigenvalue weighted by atomic mass is 10.1. The quantitative estimate of drug-likeness (QED) is 0.405. The Balaban J connectivity index is 1.70. The lowest BCUT2D eigenvalue weighted by Crippen LogP contribution is -2.31. The van der Waals surface area contributed by atoms with Crippen LogP contribution >= 0.6 is 11.3 Å². The second-order valence-corrected chi connectivity index (χ2v) is 8.68. The highest BCUT2D eigenvalue weighted by atomic mass is 32.1. The number of furan rings is 1. The van der Waals surface area contributed by atoms with Crippen molar-refractivity contribution in [2.45, 2.75) is 20.4 Å². The van der Waals surface area contributed by atoms with Crippen molar-refractivity contribution in [2.24, 2.45) is 7.05 Å². The standard InChI is InChI=1S/C24H20N4O3S/c1-14-8-7-11-17-20(14)26-24(32-17)28(12-16-9-5-4-6-10-16)23(30)18-15(2)31-21-19(18)22(29)27(3)13-25-21/h4-11,13H,12H2,1-3H3. The number of rotatable bonds is 4. The number of carbonyl (C=O) groups is 1. The molecule has 3 heterocycles. The number of thiazole rings is 1. The Bertz CT molecular complexity index is 1530. The monoisotopic (exact) mass is 444 g/mol. The largest absolute Gasteiger partial charge is 0.442 e.